The molecule has 1 aromatic carbocycles. The zero-order chi connectivity index (χ0) is 12.0. The Morgan fingerprint density at radius 3 is 2.69 bits per heavy atom. The highest BCUT2D eigenvalue weighted by Gasteiger charge is 2.09. The van der Waals surface area contributed by atoms with Gasteiger partial charge in [0.25, 0.3) is 0 Å². The first-order chi connectivity index (χ1) is 7.71. The Morgan fingerprint density at radius 2 is 2.12 bits per heavy atom. The van der Waals surface area contributed by atoms with Crippen molar-refractivity contribution in [3.63, 3.8) is 0 Å². The van der Waals surface area contributed by atoms with E-state index in [0.717, 1.165) is 6.29 Å². The first-order valence-electron chi connectivity index (χ1n) is 5.12. The predicted octanol–water partition coefficient (Wildman–Crippen LogP) is 2.27. The first-order valence-corrected chi connectivity index (χ1v) is 5.12. The molecule has 0 spiro atoms. The summed E-state index contributed by atoms with van der Waals surface area (Å²) in [6, 6.07) is 4.99. The maximum absolute atomic E-state index is 10.6. The molecule has 0 saturated carbocycles. The molecule has 88 valence electrons. The van der Waals surface area contributed by atoms with Crippen LogP contribution in [0.4, 0.5) is 0 Å². The van der Waals surface area contributed by atoms with Gasteiger partial charge in [-0.25, -0.2) is 0 Å². The summed E-state index contributed by atoms with van der Waals surface area (Å²) in [5, 5.41) is 0. The maximum atomic E-state index is 10.6. The highest BCUT2D eigenvalue weighted by Crippen LogP contribution is 2.28. The third-order valence-electron chi connectivity index (χ3n) is 2.02. The van der Waals surface area contributed by atoms with Crippen LogP contribution in [-0.2, 0) is 4.74 Å². The number of ether oxygens (including phenoxy) is 3. The van der Waals surface area contributed by atoms with Crippen molar-refractivity contribution in [3.8, 4) is 11.5 Å². The van der Waals surface area contributed by atoms with E-state index in [4.69, 9.17) is 14.2 Å². The smallest absolute Gasteiger partial charge is 0.197 e. The molecule has 0 aliphatic rings. The maximum Gasteiger partial charge on any atom is 0.197 e. The molecule has 0 aromatic heterocycles. The number of carbonyl (C=O) groups is 1. The fourth-order valence-corrected chi connectivity index (χ4v) is 1.30. The van der Waals surface area contributed by atoms with Gasteiger partial charge in [-0.3, -0.25) is 4.79 Å². The number of rotatable bonds is 6. The normalized spacial score (nSPS) is 11.9. The molecule has 1 aromatic rings. The van der Waals surface area contributed by atoms with E-state index in [9.17, 15) is 4.79 Å². The number of carbonyl (C=O) groups excluding carboxylic acids is 1. The molecule has 4 heteroatoms. The SMILES string of the molecule is CCOC(C)Oc1ccc(C=O)cc1OC. The van der Waals surface area contributed by atoms with Crippen molar-refractivity contribution < 1.29 is 19.0 Å². The highest BCUT2D eigenvalue weighted by atomic mass is 16.7. The Morgan fingerprint density at radius 1 is 1.38 bits per heavy atom. The minimum atomic E-state index is -0.346. The van der Waals surface area contributed by atoms with Crippen LogP contribution in [0.2, 0.25) is 0 Å². The summed E-state index contributed by atoms with van der Waals surface area (Å²) in [6.45, 7) is 4.28. The summed E-state index contributed by atoms with van der Waals surface area (Å²) < 4.78 is 15.9. The third-order valence-corrected chi connectivity index (χ3v) is 2.02. The molecule has 1 atom stereocenters. The lowest BCUT2D eigenvalue weighted by Crippen LogP contribution is -2.16. The van der Waals surface area contributed by atoms with Crippen LogP contribution < -0.4 is 9.47 Å². The second-order valence-electron chi connectivity index (χ2n) is 3.17. The van der Waals surface area contributed by atoms with Gasteiger partial charge in [0.2, 0.25) is 0 Å². The average Bonchev–Trinajstić information content (AvgIpc) is 2.30. The molecule has 0 saturated heterocycles. The molecule has 0 aliphatic carbocycles. The van der Waals surface area contributed by atoms with Crippen LogP contribution in [-0.4, -0.2) is 26.3 Å². The van der Waals surface area contributed by atoms with Crippen molar-refractivity contribution >= 4 is 6.29 Å². The fraction of sp³-hybridized carbons (Fsp3) is 0.417. The summed E-state index contributed by atoms with van der Waals surface area (Å²) in [5.74, 6) is 1.09. The molecule has 0 N–H and O–H groups in total. The van der Waals surface area contributed by atoms with Crippen LogP contribution in [0.1, 0.15) is 24.2 Å². The Kier molecular flexibility index (Phi) is 4.79. The predicted molar refractivity (Wildman–Crippen MR) is 60.1 cm³/mol. The summed E-state index contributed by atoms with van der Waals surface area (Å²) in [5.41, 5.74) is 0.549. The molecule has 16 heavy (non-hydrogen) atoms. The van der Waals surface area contributed by atoms with E-state index in [1.165, 1.54) is 7.11 Å². The van der Waals surface area contributed by atoms with Crippen LogP contribution in [0.3, 0.4) is 0 Å². The zero-order valence-corrected chi connectivity index (χ0v) is 9.73. The lowest BCUT2D eigenvalue weighted by molar-refractivity contribution is -0.0623. The molecular formula is C12H16O4. The van der Waals surface area contributed by atoms with Gasteiger partial charge in [-0.1, -0.05) is 0 Å². The molecule has 0 heterocycles. The molecule has 0 aliphatic heterocycles. The number of aldehydes is 1. The Labute approximate surface area is 95.1 Å². The van der Waals surface area contributed by atoms with Gasteiger partial charge in [0, 0.05) is 12.2 Å². The van der Waals surface area contributed by atoms with E-state index in [2.05, 4.69) is 0 Å². The van der Waals surface area contributed by atoms with Gasteiger partial charge in [0.15, 0.2) is 17.8 Å². The summed E-state index contributed by atoms with van der Waals surface area (Å²) >= 11 is 0. The number of methoxy groups -OCH3 is 1. The Balaban J connectivity index is 2.82. The zero-order valence-electron chi connectivity index (χ0n) is 9.73. The van der Waals surface area contributed by atoms with Crippen molar-refractivity contribution in [2.24, 2.45) is 0 Å². The van der Waals surface area contributed by atoms with Gasteiger partial charge in [-0.15, -0.1) is 0 Å². The van der Waals surface area contributed by atoms with Crippen LogP contribution in [0, 0.1) is 0 Å². The van der Waals surface area contributed by atoms with Crippen LogP contribution in [0.15, 0.2) is 18.2 Å². The topological polar surface area (TPSA) is 44.8 Å². The fourth-order valence-electron chi connectivity index (χ4n) is 1.30. The average molecular weight is 224 g/mol. The first kappa shape index (κ1) is 12.5. The second-order valence-corrected chi connectivity index (χ2v) is 3.17. The lowest BCUT2D eigenvalue weighted by Gasteiger charge is -2.16. The van der Waals surface area contributed by atoms with E-state index in [0.29, 0.717) is 23.7 Å². The van der Waals surface area contributed by atoms with Crippen molar-refractivity contribution in [1.29, 1.82) is 0 Å². The van der Waals surface area contributed by atoms with E-state index in [-0.39, 0.29) is 6.29 Å². The number of benzene rings is 1. The quantitative estimate of drug-likeness (QED) is 0.549. The van der Waals surface area contributed by atoms with Crippen molar-refractivity contribution in [2.75, 3.05) is 13.7 Å². The van der Waals surface area contributed by atoms with Gasteiger partial charge in [0.05, 0.1) is 7.11 Å². The van der Waals surface area contributed by atoms with E-state index in [1.807, 2.05) is 6.92 Å². The van der Waals surface area contributed by atoms with E-state index in [1.54, 1.807) is 25.1 Å². The minimum absolute atomic E-state index is 0.346. The van der Waals surface area contributed by atoms with E-state index < -0.39 is 0 Å². The standard InChI is InChI=1S/C12H16O4/c1-4-15-9(2)16-11-6-5-10(8-13)7-12(11)14-3/h5-9H,4H2,1-3H3. The third kappa shape index (κ3) is 3.24. The van der Waals surface area contributed by atoms with Gasteiger partial charge >= 0.3 is 0 Å². The molecule has 1 rings (SSSR count). The minimum Gasteiger partial charge on any atom is -0.493 e. The summed E-state index contributed by atoms with van der Waals surface area (Å²) in [6.07, 6.45) is 0.416. The molecule has 0 bridgehead atoms. The van der Waals surface area contributed by atoms with Gasteiger partial charge in [-0.2, -0.15) is 0 Å². The number of hydrogen-bond acceptors (Lipinski definition) is 4. The van der Waals surface area contributed by atoms with Crippen molar-refractivity contribution in [1.82, 2.24) is 0 Å². The van der Waals surface area contributed by atoms with Gasteiger partial charge < -0.3 is 14.2 Å². The molecular weight excluding hydrogens is 208 g/mol. The highest BCUT2D eigenvalue weighted by molar-refractivity contribution is 5.76. The van der Waals surface area contributed by atoms with Crippen molar-refractivity contribution in [3.05, 3.63) is 23.8 Å². The number of hydrogen-bond donors (Lipinski definition) is 0. The Hall–Kier alpha value is -1.55. The summed E-state index contributed by atoms with van der Waals surface area (Å²) in [7, 11) is 1.53. The Bertz CT molecular complexity index is 349. The molecule has 4 nitrogen and oxygen atoms in total. The monoisotopic (exact) mass is 224 g/mol. The van der Waals surface area contributed by atoms with Gasteiger partial charge in [0.1, 0.15) is 6.29 Å². The van der Waals surface area contributed by atoms with Crippen LogP contribution in [0.5, 0.6) is 11.5 Å². The second kappa shape index (κ2) is 6.12. The molecule has 0 radical (unpaired) electrons. The molecule has 0 amide bonds. The van der Waals surface area contributed by atoms with Crippen LogP contribution >= 0.6 is 0 Å². The molecule has 0 fully saturated rings. The lowest BCUT2D eigenvalue weighted by atomic mass is 10.2. The van der Waals surface area contributed by atoms with Crippen LogP contribution in [0.25, 0.3) is 0 Å². The summed E-state index contributed by atoms with van der Waals surface area (Å²) in [4.78, 5) is 10.6. The van der Waals surface area contributed by atoms with Crippen molar-refractivity contribution in [2.45, 2.75) is 20.1 Å². The largest absolute Gasteiger partial charge is 0.493 e. The van der Waals surface area contributed by atoms with E-state index >= 15 is 0 Å². The molecule has 1 unspecified atom stereocenters. The van der Waals surface area contributed by atoms with Gasteiger partial charge in [-0.05, 0) is 32.0 Å².